The van der Waals surface area contributed by atoms with Crippen molar-refractivity contribution < 1.29 is 19.4 Å². The van der Waals surface area contributed by atoms with E-state index in [1.54, 1.807) is 6.07 Å². The Morgan fingerprint density at radius 3 is 2.61 bits per heavy atom. The number of ether oxygens (including phenoxy) is 1. The average Bonchev–Trinajstić information content (AvgIpc) is 2.25. The fourth-order valence-corrected chi connectivity index (χ4v) is 2.04. The first-order valence-electron chi connectivity index (χ1n) is 5.70. The van der Waals surface area contributed by atoms with Gasteiger partial charge in [0.2, 0.25) is 0 Å². The molecule has 0 aliphatic carbocycles. The van der Waals surface area contributed by atoms with Gasteiger partial charge < -0.3 is 14.7 Å². The highest BCUT2D eigenvalue weighted by Gasteiger charge is 2.37. The number of methoxy groups -OCH3 is 1. The van der Waals surface area contributed by atoms with Gasteiger partial charge in [0.1, 0.15) is 5.75 Å². The fourth-order valence-electron chi connectivity index (χ4n) is 2.04. The van der Waals surface area contributed by atoms with Crippen molar-refractivity contribution in [3.63, 3.8) is 0 Å². The van der Waals surface area contributed by atoms with E-state index in [0.717, 1.165) is 5.56 Å². The molecule has 1 amide bonds. The molecule has 1 aromatic rings. The van der Waals surface area contributed by atoms with Crippen molar-refractivity contribution in [1.82, 2.24) is 4.90 Å². The van der Waals surface area contributed by atoms with Crippen LogP contribution in [0.4, 0.5) is 0 Å². The van der Waals surface area contributed by atoms with Crippen LogP contribution in [0.1, 0.15) is 15.9 Å². The first-order chi connectivity index (χ1) is 8.54. The van der Waals surface area contributed by atoms with Crippen LogP contribution < -0.4 is 4.74 Å². The van der Waals surface area contributed by atoms with E-state index >= 15 is 0 Å². The average molecular weight is 249 g/mol. The van der Waals surface area contributed by atoms with Crippen LogP contribution in [0.15, 0.2) is 18.2 Å². The molecule has 18 heavy (non-hydrogen) atoms. The number of amides is 1. The van der Waals surface area contributed by atoms with Gasteiger partial charge in [-0.3, -0.25) is 9.59 Å². The second kappa shape index (κ2) is 4.68. The standard InChI is InChI=1S/C13H15NO4/c1-8-4-3-5-10(18-2)11(8)12(15)14-6-9(7-14)13(16)17/h3-5,9H,6-7H2,1-2H3,(H,16,17). The number of aryl methyl sites for hydroxylation is 1. The van der Waals surface area contributed by atoms with Gasteiger partial charge in [-0.1, -0.05) is 12.1 Å². The smallest absolute Gasteiger partial charge is 0.310 e. The third-order valence-corrected chi connectivity index (χ3v) is 3.19. The first-order valence-corrected chi connectivity index (χ1v) is 5.70. The van der Waals surface area contributed by atoms with Gasteiger partial charge in [-0.25, -0.2) is 0 Å². The minimum absolute atomic E-state index is 0.164. The molecule has 1 fully saturated rings. The van der Waals surface area contributed by atoms with E-state index in [1.807, 2.05) is 19.1 Å². The molecule has 0 unspecified atom stereocenters. The molecule has 0 saturated carbocycles. The molecular formula is C13H15NO4. The summed E-state index contributed by atoms with van der Waals surface area (Å²) in [6.07, 6.45) is 0. The predicted molar refractivity (Wildman–Crippen MR) is 64.8 cm³/mol. The van der Waals surface area contributed by atoms with E-state index in [0.29, 0.717) is 11.3 Å². The van der Waals surface area contributed by atoms with Gasteiger partial charge >= 0.3 is 5.97 Å². The van der Waals surface area contributed by atoms with E-state index in [-0.39, 0.29) is 19.0 Å². The van der Waals surface area contributed by atoms with Crippen molar-refractivity contribution in [3.05, 3.63) is 29.3 Å². The number of likely N-dealkylation sites (tertiary alicyclic amines) is 1. The summed E-state index contributed by atoms with van der Waals surface area (Å²) in [6.45, 7) is 2.38. The molecule has 96 valence electrons. The molecule has 2 rings (SSSR count). The molecule has 1 aromatic carbocycles. The normalized spacial score (nSPS) is 15.1. The van der Waals surface area contributed by atoms with Crippen LogP contribution in [0.2, 0.25) is 0 Å². The van der Waals surface area contributed by atoms with E-state index < -0.39 is 11.9 Å². The Bertz CT molecular complexity index is 492. The molecule has 5 nitrogen and oxygen atoms in total. The van der Waals surface area contributed by atoms with Crippen LogP contribution in [-0.4, -0.2) is 42.1 Å². The van der Waals surface area contributed by atoms with Gasteiger partial charge in [0.05, 0.1) is 18.6 Å². The number of rotatable bonds is 3. The van der Waals surface area contributed by atoms with E-state index in [1.165, 1.54) is 12.0 Å². The predicted octanol–water partition coefficient (Wildman–Crippen LogP) is 1.16. The summed E-state index contributed by atoms with van der Waals surface area (Å²) in [7, 11) is 1.52. The van der Waals surface area contributed by atoms with Crippen LogP contribution in [-0.2, 0) is 4.79 Å². The fraction of sp³-hybridized carbons (Fsp3) is 0.385. The molecule has 1 saturated heterocycles. The molecule has 0 atom stereocenters. The number of hydrogen-bond donors (Lipinski definition) is 1. The Morgan fingerprint density at radius 1 is 1.39 bits per heavy atom. The zero-order valence-corrected chi connectivity index (χ0v) is 10.3. The van der Waals surface area contributed by atoms with Crippen LogP contribution in [0, 0.1) is 12.8 Å². The Kier molecular flexibility index (Phi) is 3.23. The monoisotopic (exact) mass is 249 g/mol. The molecule has 1 aliphatic heterocycles. The number of carboxylic acid groups (broad SMARTS) is 1. The second-order valence-corrected chi connectivity index (χ2v) is 4.40. The summed E-state index contributed by atoms with van der Waals surface area (Å²) in [5.41, 5.74) is 1.35. The highest BCUT2D eigenvalue weighted by atomic mass is 16.5. The number of benzene rings is 1. The third-order valence-electron chi connectivity index (χ3n) is 3.19. The molecule has 0 spiro atoms. The topological polar surface area (TPSA) is 66.8 Å². The van der Waals surface area contributed by atoms with Gasteiger partial charge in [-0.15, -0.1) is 0 Å². The second-order valence-electron chi connectivity index (χ2n) is 4.40. The summed E-state index contributed by atoms with van der Waals surface area (Å²) in [4.78, 5) is 24.5. The van der Waals surface area contributed by atoms with Crippen molar-refractivity contribution in [3.8, 4) is 5.75 Å². The minimum Gasteiger partial charge on any atom is -0.496 e. The van der Waals surface area contributed by atoms with Crippen molar-refractivity contribution in [2.24, 2.45) is 5.92 Å². The number of aliphatic carboxylic acids is 1. The molecule has 1 N–H and O–H groups in total. The number of carboxylic acids is 1. The van der Waals surface area contributed by atoms with Crippen molar-refractivity contribution in [2.45, 2.75) is 6.92 Å². The highest BCUT2D eigenvalue weighted by molar-refractivity contribution is 5.99. The number of nitrogens with zero attached hydrogens (tertiary/aromatic N) is 1. The summed E-state index contributed by atoms with van der Waals surface area (Å²) in [6, 6.07) is 5.39. The molecule has 0 aromatic heterocycles. The Morgan fingerprint density at radius 2 is 2.06 bits per heavy atom. The molecule has 0 radical (unpaired) electrons. The van der Waals surface area contributed by atoms with Crippen LogP contribution in [0.25, 0.3) is 0 Å². The van der Waals surface area contributed by atoms with Crippen LogP contribution >= 0.6 is 0 Å². The number of hydrogen-bond acceptors (Lipinski definition) is 3. The largest absolute Gasteiger partial charge is 0.496 e. The van der Waals surface area contributed by atoms with E-state index in [9.17, 15) is 9.59 Å². The maximum Gasteiger partial charge on any atom is 0.310 e. The Balaban J connectivity index is 2.18. The molecule has 0 bridgehead atoms. The van der Waals surface area contributed by atoms with Gasteiger partial charge in [0.15, 0.2) is 0 Å². The van der Waals surface area contributed by atoms with Crippen molar-refractivity contribution >= 4 is 11.9 Å². The lowest BCUT2D eigenvalue weighted by molar-refractivity contribution is -0.146. The number of carbonyl (C=O) groups is 2. The molecule has 1 aliphatic rings. The third kappa shape index (κ3) is 2.03. The quantitative estimate of drug-likeness (QED) is 0.873. The first kappa shape index (κ1) is 12.4. The number of carbonyl (C=O) groups excluding carboxylic acids is 1. The Hall–Kier alpha value is -2.04. The SMILES string of the molecule is COc1cccc(C)c1C(=O)N1CC(C(=O)O)C1. The summed E-state index contributed by atoms with van der Waals surface area (Å²) >= 11 is 0. The van der Waals surface area contributed by atoms with Crippen LogP contribution in [0.3, 0.4) is 0 Å². The highest BCUT2D eigenvalue weighted by Crippen LogP contribution is 2.26. The lowest BCUT2D eigenvalue weighted by Crippen LogP contribution is -2.53. The minimum atomic E-state index is -0.851. The maximum atomic E-state index is 12.2. The van der Waals surface area contributed by atoms with Gasteiger partial charge in [-0.05, 0) is 18.6 Å². The van der Waals surface area contributed by atoms with E-state index in [4.69, 9.17) is 9.84 Å². The van der Waals surface area contributed by atoms with E-state index in [2.05, 4.69) is 0 Å². The summed E-state index contributed by atoms with van der Waals surface area (Å²) in [5, 5.41) is 8.80. The van der Waals surface area contributed by atoms with Gasteiger partial charge in [0, 0.05) is 13.1 Å². The van der Waals surface area contributed by atoms with Crippen LogP contribution in [0.5, 0.6) is 5.75 Å². The Labute approximate surface area is 105 Å². The van der Waals surface area contributed by atoms with Gasteiger partial charge in [-0.2, -0.15) is 0 Å². The zero-order chi connectivity index (χ0) is 13.3. The van der Waals surface area contributed by atoms with Gasteiger partial charge in [0.25, 0.3) is 5.91 Å². The van der Waals surface area contributed by atoms with Crippen molar-refractivity contribution in [2.75, 3.05) is 20.2 Å². The maximum absolute atomic E-state index is 12.2. The van der Waals surface area contributed by atoms with Crippen molar-refractivity contribution in [1.29, 1.82) is 0 Å². The summed E-state index contributed by atoms with van der Waals surface area (Å²) in [5.74, 6) is -0.930. The molecule has 1 heterocycles. The lowest BCUT2D eigenvalue weighted by atomic mass is 9.97. The molecular weight excluding hydrogens is 234 g/mol. The zero-order valence-electron chi connectivity index (χ0n) is 10.3. The molecule has 5 heteroatoms. The lowest BCUT2D eigenvalue weighted by Gasteiger charge is -2.37. The summed E-state index contributed by atoms with van der Waals surface area (Å²) < 4.78 is 5.18.